The number of benzene rings is 1. The lowest BCUT2D eigenvalue weighted by molar-refractivity contribution is -0.137. The van der Waals surface area contributed by atoms with Gasteiger partial charge in [0.25, 0.3) is 0 Å². The number of carbonyl (C=O) groups is 2. The van der Waals surface area contributed by atoms with Crippen LogP contribution in [0.4, 0.5) is 0 Å². The summed E-state index contributed by atoms with van der Waals surface area (Å²) < 4.78 is 5.11. The van der Waals surface area contributed by atoms with Gasteiger partial charge >= 0.3 is 5.97 Å². The predicted molar refractivity (Wildman–Crippen MR) is 68.4 cm³/mol. The number of thioether (sulfide) groups is 1. The molecule has 0 spiro atoms. The number of fused-ring (bicyclic) bond motifs is 1. The van der Waals surface area contributed by atoms with Crippen LogP contribution >= 0.6 is 11.8 Å². The summed E-state index contributed by atoms with van der Waals surface area (Å²) in [6, 6.07) is 5.38. The number of Topliss-reactive ketones (excluding diaryl/α,β-unsaturated/α-hetero) is 1. The molecule has 0 aromatic heterocycles. The van der Waals surface area contributed by atoms with E-state index < -0.39 is 11.9 Å². The van der Waals surface area contributed by atoms with Crippen LogP contribution in [0.25, 0.3) is 0 Å². The van der Waals surface area contributed by atoms with E-state index in [-0.39, 0.29) is 12.2 Å². The second kappa shape index (κ2) is 5.44. The van der Waals surface area contributed by atoms with Gasteiger partial charge in [0.1, 0.15) is 5.75 Å². The van der Waals surface area contributed by atoms with Crippen molar-refractivity contribution in [3.8, 4) is 5.75 Å². The molecule has 1 N–H and O–H groups in total. The number of carboxylic acid groups (broad SMARTS) is 1. The van der Waals surface area contributed by atoms with Crippen molar-refractivity contribution in [2.75, 3.05) is 12.9 Å². The van der Waals surface area contributed by atoms with Gasteiger partial charge in [-0.2, -0.15) is 0 Å². The van der Waals surface area contributed by atoms with Gasteiger partial charge in [-0.15, -0.1) is 11.8 Å². The van der Waals surface area contributed by atoms with Crippen molar-refractivity contribution in [2.24, 2.45) is 5.92 Å². The average Bonchev–Trinajstić information content (AvgIpc) is 2.49. The van der Waals surface area contributed by atoms with Crippen LogP contribution in [0.15, 0.2) is 23.1 Å². The van der Waals surface area contributed by atoms with Crippen molar-refractivity contribution >= 4 is 23.5 Å². The normalized spacial score (nSPS) is 18.9. The van der Waals surface area contributed by atoms with E-state index in [1.165, 1.54) is 0 Å². The molecule has 0 radical (unpaired) electrons. The maximum Gasteiger partial charge on any atom is 0.304 e. The molecule has 1 aliphatic rings. The fourth-order valence-corrected chi connectivity index (χ4v) is 3.12. The third-order valence-electron chi connectivity index (χ3n) is 2.97. The summed E-state index contributed by atoms with van der Waals surface area (Å²) in [5.74, 6) is -0.0498. The molecule has 0 aliphatic carbocycles. The lowest BCUT2D eigenvalue weighted by atomic mass is 9.92. The van der Waals surface area contributed by atoms with Gasteiger partial charge < -0.3 is 9.84 Å². The van der Waals surface area contributed by atoms with Crippen molar-refractivity contribution in [3.05, 3.63) is 23.8 Å². The highest BCUT2D eigenvalue weighted by Gasteiger charge is 2.28. The summed E-state index contributed by atoms with van der Waals surface area (Å²) in [7, 11) is 1.55. The number of carboxylic acids is 1. The van der Waals surface area contributed by atoms with Crippen LogP contribution in [0.5, 0.6) is 5.75 Å². The minimum absolute atomic E-state index is 0.0868. The highest BCUT2D eigenvalue weighted by molar-refractivity contribution is 7.99. The Labute approximate surface area is 109 Å². The third kappa shape index (κ3) is 2.67. The molecule has 1 aromatic carbocycles. The minimum atomic E-state index is -0.926. The fourth-order valence-electron chi connectivity index (χ4n) is 2.02. The molecule has 1 heterocycles. The monoisotopic (exact) mass is 266 g/mol. The number of rotatable bonds is 3. The lowest BCUT2D eigenvalue weighted by Gasteiger charge is -2.11. The van der Waals surface area contributed by atoms with E-state index in [1.54, 1.807) is 24.9 Å². The van der Waals surface area contributed by atoms with Gasteiger partial charge in [0.2, 0.25) is 0 Å². The molecule has 1 aromatic rings. The number of ketones is 1. The van der Waals surface area contributed by atoms with E-state index in [1.807, 2.05) is 12.1 Å². The first-order chi connectivity index (χ1) is 8.61. The Morgan fingerprint density at radius 3 is 3.00 bits per heavy atom. The average molecular weight is 266 g/mol. The number of hydrogen-bond donors (Lipinski definition) is 1. The summed E-state index contributed by atoms with van der Waals surface area (Å²) in [5, 5.41) is 8.84. The van der Waals surface area contributed by atoms with Gasteiger partial charge in [-0.3, -0.25) is 9.59 Å². The first kappa shape index (κ1) is 13.0. The Bertz CT molecular complexity index is 484. The van der Waals surface area contributed by atoms with Crippen LogP contribution in [0, 0.1) is 5.92 Å². The van der Waals surface area contributed by atoms with Gasteiger partial charge in [0.15, 0.2) is 5.78 Å². The zero-order valence-corrected chi connectivity index (χ0v) is 10.8. The number of methoxy groups -OCH3 is 1. The molecule has 1 aliphatic heterocycles. The molecule has 0 amide bonds. The molecular weight excluding hydrogens is 252 g/mol. The molecule has 18 heavy (non-hydrogen) atoms. The lowest BCUT2D eigenvalue weighted by Crippen LogP contribution is -2.18. The minimum Gasteiger partial charge on any atom is -0.497 e. The van der Waals surface area contributed by atoms with Crippen LogP contribution in [0.3, 0.4) is 0 Å². The number of hydrogen-bond acceptors (Lipinski definition) is 4. The summed E-state index contributed by atoms with van der Waals surface area (Å²) in [6.07, 6.45) is 0.503. The maximum absolute atomic E-state index is 12.3. The van der Waals surface area contributed by atoms with E-state index in [4.69, 9.17) is 9.84 Å². The molecule has 96 valence electrons. The Hall–Kier alpha value is -1.49. The van der Waals surface area contributed by atoms with E-state index in [0.717, 1.165) is 10.6 Å². The van der Waals surface area contributed by atoms with E-state index in [0.29, 0.717) is 17.7 Å². The molecular formula is C13H14O4S. The van der Waals surface area contributed by atoms with Gasteiger partial charge in [0, 0.05) is 16.4 Å². The molecule has 0 bridgehead atoms. The van der Waals surface area contributed by atoms with E-state index in [9.17, 15) is 9.59 Å². The van der Waals surface area contributed by atoms with Gasteiger partial charge in [-0.25, -0.2) is 0 Å². The molecule has 1 unspecified atom stereocenters. The fraction of sp³-hybridized carbons (Fsp3) is 0.385. The molecule has 0 saturated heterocycles. The largest absolute Gasteiger partial charge is 0.497 e. The van der Waals surface area contributed by atoms with Crippen molar-refractivity contribution in [1.82, 2.24) is 0 Å². The first-order valence-electron chi connectivity index (χ1n) is 5.68. The zero-order chi connectivity index (χ0) is 13.1. The van der Waals surface area contributed by atoms with E-state index >= 15 is 0 Å². The second-order valence-electron chi connectivity index (χ2n) is 4.16. The quantitative estimate of drug-likeness (QED) is 0.910. The maximum atomic E-state index is 12.3. The summed E-state index contributed by atoms with van der Waals surface area (Å²) in [4.78, 5) is 24.0. The molecule has 2 rings (SSSR count). The standard InChI is InChI=1S/C13H14O4S/c1-17-9-2-3-11-10(7-9)13(16)8(4-5-18-11)6-12(14)15/h2-3,7-8H,4-6H2,1H3,(H,14,15). The van der Waals surface area contributed by atoms with Crippen LogP contribution in [0.2, 0.25) is 0 Å². The summed E-state index contributed by atoms with van der Waals surface area (Å²) in [5.41, 5.74) is 0.586. The van der Waals surface area contributed by atoms with Crippen LogP contribution in [0.1, 0.15) is 23.2 Å². The number of aliphatic carboxylic acids is 1. The van der Waals surface area contributed by atoms with Crippen molar-refractivity contribution in [2.45, 2.75) is 17.7 Å². The highest BCUT2D eigenvalue weighted by Crippen LogP contribution is 2.34. The Morgan fingerprint density at radius 1 is 1.56 bits per heavy atom. The molecule has 4 nitrogen and oxygen atoms in total. The predicted octanol–water partition coefficient (Wildman–Crippen LogP) is 2.46. The molecule has 5 heteroatoms. The van der Waals surface area contributed by atoms with Crippen LogP contribution < -0.4 is 4.74 Å². The summed E-state index contributed by atoms with van der Waals surface area (Å²) >= 11 is 1.59. The van der Waals surface area contributed by atoms with Crippen LogP contribution in [-0.2, 0) is 4.79 Å². The molecule has 0 saturated carbocycles. The van der Waals surface area contributed by atoms with Crippen molar-refractivity contribution in [1.29, 1.82) is 0 Å². The SMILES string of the molecule is COc1ccc2c(c1)C(=O)C(CC(=O)O)CCS2. The molecule has 0 fully saturated rings. The smallest absolute Gasteiger partial charge is 0.304 e. The summed E-state index contributed by atoms with van der Waals surface area (Å²) in [6.45, 7) is 0. The third-order valence-corrected chi connectivity index (χ3v) is 4.07. The zero-order valence-electron chi connectivity index (χ0n) is 10.0. The molecule has 1 atom stereocenters. The Balaban J connectivity index is 2.34. The number of ether oxygens (including phenoxy) is 1. The number of carbonyl (C=O) groups excluding carboxylic acids is 1. The van der Waals surface area contributed by atoms with Gasteiger partial charge in [-0.05, 0) is 30.4 Å². The van der Waals surface area contributed by atoms with Gasteiger partial charge in [-0.1, -0.05) is 0 Å². The Morgan fingerprint density at radius 2 is 2.33 bits per heavy atom. The van der Waals surface area contributed by atoms with Crippen LogP contribution in [-0.4, -0.2) is 29.7 Å². The van der Waals surface area contributed by atoms with E-state index in [2.05, 4.69) is 0 Å². The Kier molecular flexibility index (Phi) is 3.91. The topological polar surface area (TPSA) is 63.6 Å². The second-order valence-corrected chi connectivity index (χ2v) is 5.30. The van der Waals surface area contributed by atoms with Gasteiger partial charge in [0.05, 0.1) is 13.5 Å². The van der Waals surface area contributed by atoms with Crippen molar-refractivity contribution in [3.63, 3.8) is 0 Å². The first-order valence-corrected chi connectivity index (χ1v) is 6.67. The van der Waals surface area contributed by atoms with Crippen molar-refractivity contribution < 1.29 is 19.4 Å². The highest BCUT2D eigenvalue weighted by atomic mass is 32.2.